The third-order valence-electron chi connectivity index (χ3n) is 12.1. The Morgan fingerprint density at radius 3 is 1.76 bits per heavy atom. The molecule has 1 aliphatic carbocycles. The summed E-state index contributed by atoms with van der Waals surface area (Å²) in [6, 6.07) is 21.2. The number of thioether (sulfide) groups is 1. The third-order valence-corrected chi connectivity index (χ3v) is 13.2. The number of pyridine rings is 5. The van der Waals surface area contributed by atoms with Crippen molar-refractivity contribution < 1.29 is 0 Å². The quantitative estimate of drug-likeness (QED) is 0.0732. The Morgan fingerprint density at radius 1 is 0.470 bits per heavy atom. The maximum Gasteiger partial charge on any atom is 0.151 e. The zero-order chi connectivity index (χ0) is 44.9. The average molecular weight is 908 g/mol. The van der Waals surface area contributed by atoms with Crippen LogP contribution in [0.2, 0.25) is 0 Å². The standard InChI is InChI=1S/2C8H10N2.2C7H9N3.C7H8N2S.C7H8N2.C6H11N/c1-3-7-4-2-6-10-8(7)9-5-1;1-2-7-6-9-5-3-8(7)10-4-1;1-2-6-3-5-9-10-7(6)8-4-1;1-2-6-7(9-3-1)10-5-4-8-6;1-2-6-7(8-3-1)9-4-5-10-6;1-2-6-3-5-9-7(6)8-4-1;1-2-6-3-5(1)4-7-6/h1,3,5H,2,4,6H2,(H,9,10);3,5-6,10H,1-2,4H2;3,5H,1-2,4H2,(H,8,10);1-3,8H,4-5H2,(H,9,10);1-3H,4-5H2,(H,8,9);1-2,4H,3,5H2,(H,8,9);5-7H,1-4H2. The maximum atomic E-state index is 4.21. The van der Waals surface area contributed by atoms with Crippen LogP contribution < -0.4 is 42.5 Å². The summed E-state index contributed by atoms with van der Waals surface area (Å²) in [5.41, 5.74) is 7.72. The Kier molecular flexibility index (Phi) is 17.8. The minimum Gasteiger partial charge on any atom is -0.385 e. The minimum atomic E-state index is 0.921. The summed E-state index contributed by atoms with van der Waals surface area (Å²) in [5, 5.41) is 33.8. The first kappa shape index (κ1) is 46.3. The Labute approximate surface area is 393 Å². The number of aromatic nitrogens is 7. The van der Waals surface area contributed by atoms with Gasteiger partial charge in [-0.05, 0) is 147 Å². The molecule has 0 radical (unpaired) electrons. The molecule has 2 fully saturated rings. The smallest absolute Gasteiger partial charge is 0.151 e. The Morgan fingerprint density at radius 2 is 1.09 bits per heavy atom. The molecule has 2 unspecified atom stereocenters. The summed E-state index contributed by atoms with van der Waals surface area (Å²) < 4.78 is 0. The molecule has 66 heavy (non-hydrogen) atoms. The zero-order valence-corrected chi connectivity index (χ0v) is 38.8. The van der Waals surface area contributed by atoms with E-state index < -0.39 is 0 Å². The van der Waals surface area contributed by atoms with E-state index in [0.717, 1.165) is 111 Å². The second-order valence-electron chi connectivity index (χ2n) is 16.9. The third kappa shape index (κ3) is 14.1. The van der Waals surface area contributed by atoms with Crippen molar-refractivity contribution in [3.63, 3.8) is 0 Å². The highest BCUT2D eigenvalue weighted by molar-refractivity contribution is 7.99. The monoisotopic (exact) mass is 908 g/mol. The van der Waals surface area contributed by atoms with E-state index >= 15 is 0 Å². The molecule has 8 N–H and O–H groups in total. The number of anilines is 7. The lowest BCUT2D eigenvalue weighted by Crippen LogP contribution is -2.23. The van der Waals surface area contributed by atoms with Crippen LogP contribution in [0.25, 0.3) is 0 Å². The number of hydrogen-bond donors (Lipinski definition) is 8. The first-order valence-electron chi connectivity index (χ1n) is 23.8. The summed E-state index contributed by atoms with van der Waals surface area (Å²) in [7, 11) is 0. The van der Waals surface area contributed by atoms with Gasteiger partial charge >= 0.3 is 0 Å². The van der Waals surface area contributed by atoms with E-state index in [9.17, 15) is 0 Å². The second-order valence-corrected chi connectivity index (χ2v) is 18.0. The van der Waals surface area contributed by atoms with Gasteiger partial charge in [0.2, 0.25) is 0 Å². The summed E-state index contributed by atoms with van der Waals surface area (Å²) in [4.78, 5) is 22.0. The fourth-order valence-corrected chi connectivity index (χ4v) is 9.57. The predicted molar refractivity (Wildman–Crippen MR) is 271 cm³/mol. The van der Waals surface area contributed by atoms with Crippen molar-refractivity contribution in [1.29, 1.82) is 0 Å². The van der Waals surface area contributed by atoms with Crippen molar-refractivity contribution >= 4 is 52.2 Å². The number of fused-ring (bicyclic) bond motifs is 8. The predicted octanol–water partition coefficient (Wildman–Crippen LogP) is 8.04. The lowest BCUT2D eigenvalue weighted by atomic mass is 10.1. The van der Waals surface area contributed by atoms with Crippen molar-refractivity contribution in [2.45, 2.75) is 75.1 Å². The van der Waals surface area contributed by atoms with Crippen molar-refractivity contribution in [1.82, 2.24) is 40.4 Å². The van der Waals surface area contributed by atoms with Crippen LogP contribution in [-0.2, 0) is 25.7 Å². The van der Waals surface area contributed by atoms with E-state index in [1.54, 1.807) is 12.4 Å². The molecule has 14 rings (SSSR count). The van der Waals surface area contributed by atoms with Crippen molar-refractivity contribution in [2.75, 3.05) is 95.3 Å². The average Bonchev–Trinajstić information content (AvgIpc) is 4.21. The van der Waals surface area contributed by atoms with Crippen LogP contribution in [-0.4, -0.2) is 99.3 Å². The molecule has 2 bridgehead atoms. The molecule has 13 heterocycles. The highest BCUT2D eigenvalue weighted by Crippen LogP contribution is 2.30. The van der Waals surface area contributed by atoms with Crippen molar-refractivity contribution in [2.24, 2.45) is 5.92 Å². The largest absolute Gasteiger partial charge is 0.385 e. The molecule has 15 nitrogen and oxygen atoms in total. The van der Waals surface area contributed by atoms with Gasteiger partial charge in [-0.15, -0.1) is 16.9 Å². The van der Waals surface area contributed by atoms with Gasteiger partial charge in [0.1, 0.15) is 23.3 Å². The van der Waals surface area contributed by atoms with E-state index in [1.165, 1.54) is 90.7 Å². The number of piperidine rings is 1. The molecular formula is C50H65N15S. The van der Waals surface area contributed by atoms with Gasteiger partial charge in [0.25, 0.3) is 0 Å². The Balaban J connectivity index is 0.000000105. The van der Waals surface area contributed by atoms with Crippen LogP contribution in [0.15, 0.2) is 109 Å². The molecule has 1 saturated heterocycles. The lowest BCUT2D eigenvalue weighted by Gasteiger charge is -2.17. The molecule has 16 heteroatoms. The van der Waals surface area contributed by atoms with E-state index in [0.29, 0.717) is 0 Å². The van der Waals surface area contributed by atoms with Crippen LogP contribution in [0, 0.1) is 5.92 Å². The molecule has 0 aromatic carbocycles. The van der Waals surface area contributed by atoms with Crippen LogP contribution in [0.4, 0.5) is 40.5 Å². The van der Waals surface area contributed by atoms with Crippen LogP contribution in [0.3, 0.4) is 0 Å². The first-order valence-corrected chi connectivity index (χ1v) is 24.8. The van der Waals surface area contributed by atoms with Gasteiger partial charge in [0.05, 0.1) is 11.9 Å². The SMILES string of the molecule is C1CC2CC1CN2.c1cc2c(cn1)CCCN2.c1cc2c(nn1)NCCC2.c1cnc2c(c1)CCCN2.c1cnc2c(c1)CCN2.c1cnc2c(c1)NCCN2.c1cnc2c(c1)SCCN2. The summed E-state index contributed by atoms with van der Waals surface area (Å²) in [5.74, 6) is 7.33. The number of aryl methyl sites for hydroxylation is 3. The molecule has 6 aromatic rings. The molecule has 1 saturated carbocycles. The van der Waals surface area contributed by atoms with E-state index in [1.807, 2.05) is 85.2 Å². The van der Waals surface area contributed by atoms with Crippen molar-refractivity contribution in [3.05, 3.63) is 126 Å². The van der Waals surface area contributed by atoms with E-state index in [4.69, 9.17) is 0 Å². The number of rotatable bonds is 0. The topological polar surface area (TPSA) is 186 Å². The van der Waals surface area contributed by atoms with Gasteiger partial charge in [-0.3, -0.25) is 4.98 Å². The molecular weight excluding hydrogens is 843 g/mol. The summed E-state index contributed by atoms with van der Waals surface area (Å²) in [6.07, 6.45) is 25.5. The second kappa shape index (κ2) is 25.4. The Hall–Kier alpha value is -6.26. The van der Waals surface area contributed by atoms with Crippen LogP contribution >= 0.6 is 11.8 Å². The molecule has 6 aromatic heterocycles. The number of hydrogen-bond acceptors (Lipinski definition) is 16. The lowest BCUT2D eigenvalue weighted by molar-refractivity contribution is 0.504. The zero-order valence-electron chi connectivity index (χ0n) is 37.9. The molecule has 8 aliphatic rings. The van der Waals surface area contributed by atoms with Gasteiger partial charge in [-0.2, -0.15) is 5.10 Å². The number of nitrogens with one attached hydrogen (secondary N) is 8. The van der Waals surface area contributed by atoms with Crippen LogP contribution in [0.5, 0.6) is 0 Å². The normalized spacial score (nSPS) is 18.8. The van der Waals surface area contributed by atoms with Gasteiger partial charge in [-0.1, -0.05) is 12.1 Å². The van der Waals surface area contributed by atoms with Gasteiger partial charge in [-0.25, -0.2) is 19.9 Å². The molecule has 0 spiro atoms. The van der Waals surface area contributed by atoms with Gasteiger partial charge in [0, 0.05) is 105 Å². The van der Waals surface area contributed by atoms with E-state index in [-0.39, 0.29) is 0 Å². The van der Waals surface area contributed by atoms with Crippen molar-refractivity contribution in [3.8, 4) is 0 Å². The molecule has 0 amide bonds. The van der Waals surface area contributed by atoms with E-state index in [2.05, 4.69) is 95.9 Å². The highest BCUT2D eigenvalue weighted by atomic mass is 32.2. The summed E-state index contributed by atoms with van der Waals surface area (Å²) in [6.45, 7) is 8.56. The van der Waals surface area contributed by atoms with Gasteiger partial charge < -0.3 is 42.5 Å². The maximum absolute atomic E-state index is 4.21. The number of nitrogens with zero attached hydrogens (tertiary/aromatic N) is 7. The fourth-order valence-electron chi connectivity index (χ4n) is 8.71. The Bertz CT molecular complexity index is 1920. The van der Waals surface area contributed by atoms with Crippen LogP contribution in [0.1, 0.15) is 60.8 Å². The highest BCUT2D eigenvalue weighted by Gasteiger charge is 2.30. The minimum absolute atomic E-state index is 0.921. The fraction of sp³-hybridized carbons (Fsp3) is 0.420. The molecule has 2 atom stereocenters. The first-order chi connectivity index (χ1) is 32.7. The summed E-state index contributed by atoms with van der Waals surface area (Å²) >= 11 is 1.86. The van der Waals surface area contributed by atoms with Gasteiger partial charge in [0.15, 0.2) is 5.82 Å². The molecule has 346 valence electrons. The molecule has 7 aliphatic heterocycles.